The third-order valence-corrected chi connectivity index (χ3v) is 4.15. The lowest BCUT2D eigenvalue weighted by Gasteiger charge is -2.23. The monoisotopic (exact) mass is 224 g/mol. The first-order valence-corrected chi connectivity index (χ1v) is 6.70. The highest BCUT2D eigenvalue weighted by atomic mass is 15.2. The van der Waals surface area contributed by atoms with Crippen molar-refractivity contribution in [3.63, 3.8) is 0 Å². The third kappa shape index (κ3) is 3.91. The molecule has 1 fully saturated rings. The van der Waals surface area contributed by atoms with Crippen LogP contribution in [0.3, 0.4) is 0 Å². The molecule has 1 aliphatic rings. The van der Waals surface area contributed by atoms with Gasteiger partial charge in [-0.05, 0) is 46.7 Å². The Bertz CT molecular complexity index is 203. The number of rotatable bonds is 7. The van der Waals surface area contributed by atoms with Gasteiger partial charge in [0.1, 0.15) is 0 Å². The van der Waals surface area contributed by atoms with Gasteiger partial charge in [0.25, 0.3) is 0 Å². The molecule has 1 N–H and O–H groups in total. The number of nitrogens with one attached hydrogen (secondary N) is 1. The van der Waals surface area contributed by atoms with Crippen LogP contribution in [0.5, 0.6) is 0 Å². The van der Waals surface area contributed by atoms with Crippen LogP contribution in [-0.2, 0) is 0 Å². The first kappa shape index (κ1) is 13.7. The van der Waals surface area contributed by atoms with Gasteiger partial charge in [-0.1, -0.05) is 18.9 Å². The molecule has 0 aromatic carbocycles. The van der Waals surface area contributed by atoms with E-state index in [0.717, 1.165) is 12.1 Å². The molecule has 0 spiro atoms. The largest absolute Gasteiger partial charge is 0.314 e. The Balaban J connectivity index is 2.09. The van der Waals surface area contributed by atoms with Crippen LogP contribution in [0.25, 0.3) is 0 Å². The molecule has 0 aromatic heterocycles. The van der Waals surface area contributed by atoms with E-state index in [9.17, 15) is 0 Å². The zero-order valence-corrected chi connectivity index (χ0v) is 11.2. The summed E-state index contributed by atoms with van der Waals surface area (Å²) in [7, 11) is 4.29. The lowest BCUT2D eigenvalue weighted by atomic mass is 10.0. The highest BCUT2D eigenvalue weighted by molar-refractivity contribution is 4.85. The zero-order valence-electron chi connectivity index (χ0n) is 11.2. The predicted octanol–water partition coefficient (Wildman–Crippen LogP) is 2.80. The van der Waals surface area contributed by atoms with E-state index in [2.05, 4.69) is 30.8 Å². The van der Waals surface area contributed by atoms with Gasteiger partial charge in [-0.25, -0.2) is 0 Å². The van der Waals surface area contributed by atoms with Crippen LogP contribution >= 0.6 is 0 Å². The Hall–Kier alpha value is -0.340. The van der Waals surface area contributed by atoms with Crippen molar-refractivity contribution in [3.8, 4) is 0 Å². The summed E-state index contributed by atoms with van der Waals surface area (Å²) < 4.78 is 0. The lowest BCUT2D eigenvalue weighted by molar-refractivity contribution is 0.238. The van der Waals surface area contributed by atoms with Crippen molar-refractivity contribution in [3.05, 3.63) is 12.7 Å². The fourth-order valence-electron chi connectivity index (χ4n) is 2.67. The van der Waals surface area contributed by atoms with E-state index in [-0.39, 0.29) is 0 Å². The Labute approximate surface area is 101 Å². The topological polar surface area (TPSA) is 15.3 Å². The average Bonchev–Trinajstić information content (AvgIpc) is 2.61. The molecule has 0 aromatic rings. The second kappa shape index (κ2) is 7.08. The highest BCUT2D eigenvalue weighted by Crippen LogP contribution is 2.25. The van der Waals surface area contributed by atoms with Crippen molar-refractivity contribution >= 4 is 0 Å². The van der Waals surface area contributed by atoms with Gasteiger partial charge in [0, 0.05) is 18.1 Å². The standard InChI is InChI=1S/C14H28N2/c1-5-13(15-3)8-6-7-9-14-11-10-12(2)16(14)4/h5,12-15H,1,6-11H2,2-4H3. The summed E-state index contributed by atoms with van der Waals surface area (Å²) in [5, 5.41) is 3.27. The predicted molar refractivity (Wildman–Crippen MR) is 71.8 cm³/mol. The zero-order chi connectivity index (χ0) is 12.0. The number of unbranched alkanes of at least 4 members (excludes halogenated alkanes) is 1. The highest BCUT2D eigenvalue weighted by Gasteiger charge is 2.26. The van der Waals surface area contributed by atoms with Gasteiger partial charge in [0.05, 0.1) is 0 Å². The van der Waals surface area contributed by atoms with E-state index in [0.29, 0.717) is 6.04 Å². The Morgan fingerprint density at radius 2 is 2.19 bits per heavy atom. The van der Waals surface area contributed by atoms with Crippen molar-refractivity contribution in [2.24, 2.45) is 0 Å². The quantitative estimate of drug-likeness (QED) is 0.528. The minimum atomic E-state index is 0.500. The molecule has 0 amide bonds. The van der Waals surface area contributed by atoms with Crippen molar-refractivity contribution < 1.29 is 0 Å². The Kier molecular flexibility index (Phi) is 6.07. The molecule has 2 nitrogen and oxygen atoms in total. The Morgan fingerprint density at radius 1 is 1.44 bits per heavy atom. The van der Waals surface area contributed by atoms with Crippen LogP contribution in [0.15, 0.2) is 12.7 Å². The van der Waals surface area contributed by atoms with E-state index < -0.39 is 0 Å². The van der Waals surface area contributed by atoms with Gasteiger partial charge in [0.2, 0.25) is 0 Å². The molecule has 3 unspecified atom stereocenters. The van der Waals surface area contributed by atoms with Gasteiger partial charge < -0.3 is 10.2 Å². The van der Waals surface area contributed by atoms with E-state index in [1.54, 1.807) is 0 Å². The molecule has 1 rings (SSSR count). The number of hydrogen-bond acceptors (Lipinski definition) is 2. The first-order valence-electron chi connectivity index (χ1n) is 6.70. The molecule has 2 heteroatoms. The third-order valence-electron chi connectivity index (χ3n) is 4.15. The summed E-state index contributed by atoms with van der Waals surface area (Å²) in [5.41, 5.74) is 0. The normalized spacial score (nSPS) is 28.2. The van der Waals surface area contributed by atoms with Gasteiger partial charge in [-0.3, -0.25) is 0 Å². The average molecular weight is 224 g/mol. The van der Waals surface area contributed by atoms with Crippen molar-refractivity contribution in [1.82, 2.24) is 10.2 Å². The molecule has 0 saturated carbocycles. The maximum atomic E-state index is 3.84. The minimum Gasteiger partial charge on any atom is -0.314 e. The molecular weight excluding hydrogens is 196 g/mol. The summed E-state index contributed by atoms with van der Waals surface area (Å²) in [4.78, 5) is 2.56. The molecule has 0 radical (unpaired) electrons. The molecule has 16 heavy (non-hydrogen) atoms. The van der Waals surface area contributed by atoms with Gasteiger partial charge >= 0.3 is 0 Å². The summed E-state index contributed by atoms with van der Waals surface area (Å²) in [6, 6.07) is 2.13. The number of hydrogen-bond donors (Lipinski definition) is 1. The van der Waals surface area contributed by atoms with Crippen LogP contribution in [0.2, 0.25) is 0 Å². The lowest BCUT2D eigenvalue weighted by Crippen LogP contribution is -2.30. The number of likely N-dealkylation sites (N-methyl/N-ethyl adjacent to an activating group) is 1. The second-order valence-corrected chi connectivity index (χ2v) is 5.16. The summed E-state index contributed by atoms with van der Waals surface area (Å²) in [6.07, 6.45) is 10.1. The van der Waals surface area contributed by atoms with Crippen molar-refractivity contribution in [2.75, 3.05) is 14.1 Å². The van der Waals surface area contributed by atoms with Crippen LogP contribution in [0.1, 0.15) is 45.4 Å². The maximum Gasteiger partial charge on any atom is 0.0244 e. The van der Waals surface area contributed by atoms with Crippen molar-refractivity contribution in [1.29, 1.82) is 0 Å². The van der Waals surface area contributed by atoms with Crippen LogP contribution < -0.4 is 5.32 Å². The molecule has 1 heterocycles. The fourth-order valence-corrected chi connectivity index (χ4v) is 2.67. The molecule has 94 valence electrons. The van der Waals surface area contributed by atoms with Crippen LogP contribution in [0, 0.1) is 0 Å². The molecule has 3 atom stereocenters. The van der Waals surface area contributed by atoms with Crippen LogP contribution in [0.4, 0.5) is 0 Å². The van der Waals surface area contributed by atoms with Crippen molar-refractivity contribution in [2.45, 2.75) is 63.6 Å². The molecular formula is C14H28N2. The minimum absolute atomic E-state index is 0.500. The SMILES string of the molecule is C=CC(CCCCC1CCC(C)N1C)NC. The summed E-state index contributed by atoms with van der Waals surface area (Å²) in [6.45, 7) is 6.18. The summed E-state index contributed by atoms with van der Waals surface area (Å²) in [5.74, 6) is 0. The summed E-state index contributed by atoms with van der Waals surface area (Å²) >= 11 is 0. The number of nitrogens with zero attached hydrogens (tertiary/aromatic N) is 1. The van der Waals surface area contributed by atoms with E-state index in [1.807, 2.05) is 13.1 Å². The van der Waals surface area contributed by atoms with Gasteiger partial charge in [-0.15, -0.1) is 6.58 Å². The Morgan fingerprint density at radius 3 is 2.69 bits per heavy atom. The molecule has 1 saturated heterocycles. The number of likely N-dealkylation sites (tertiary alicyclic amines) is 1. The van der Waals surface area contributed by atoms with E-state index in [4.69, 9.17) is 0 Å². The maximum absolute atomic E-state index is 3.84. The molecule has 0 bridgehead atoms. The van der Waals surface area contributed by atoms with Gasteiger partial charge in [-0.2, -0.15) is 0 Å². The van der Waals surface area contributed by atoms with E-state index >= 15 is 0 Å². The second-order valence-electron chi connectivity index (χ2n) is 5.16. The smallest absolute Gasteiger partial charge is 0.0244 e. The first-order chi connectivity index (χ1) is 7.69. The molecule has 1 aliphatic heterocycles. The fraction of sp³-hybridized carbons (Fsp3) is 0.857. The molecule has 0 aliphatic carbocycles. The van der Waals surface area contributed by atoms with E-state index in [1.165, 1.54) is 38.5 Å². The van der Waals surface area contributed by atoms with Crippen LogP contribution in [-0.4, -0.2) is 37.1 Å². The van der Waals surface area contributed by atoms with Gasteiger partial charge in [0.15, 0.2) is 0 Å².